The normalized spacial score (nSPS) is 35.1. The van der Waals surface area contributed by atoms with Crippen LogP contribution in [0, 0.1) is 5.92 Å². The maximum absolute atomic E-state index is 11.7. The average Bonchev–Trinajstić information content (AvgIpc) is 2.94. The number of esters is 2. The largest absolute Gasteiger partial charge is 0.463 e. The monoisotopic (exact) mass is 326 g/mol. The summed E-state index contributed by atoms with van der Waals surface area (Å²) in [6.45, 7) is 4.70. The van der Waals surface area contributed by atoms with Crippen LogP contribution in [-0.2, 0) is 33.3 Å². The van der Waals surface area contributed by atoms with Crippen molar-refractivity contribution in [2.45, 2.75) is 45.3 Å². The zero-order valence-electron chi connectivity index (χ0n) is 13.1. The molecule has 0 N–H and O–H groups in total. The van der Waals surface area contributed by atoms with Crippen LogP contribution in [0.25, 0.3) is 0 Å². The van der Waals surface area contributed by atoms with E-state index in [0.717, 1.165) is 0 Å². The molecule has 3 rings (SSSR count). The Bertz CT molecular complexity index is 575. The lowest BCUT2D eigenvalue weighted by atomic mass is 10.1. The number of carbonyl (C=O) groups is 3. The van der Waals surface area contributed by atoms with Crippen molar-refractivity contribution in [3.8, 4) is 0 Å². The summed E-state index contributed by atoms with van der Waals surface area (Å²) < 4.78 is 21.8. The van der Waals surface area contributed by atoms with Crippen LogP contribution >= 0.6 is 0 Å². The van der Waals surface area contributed by atoms with Crippen molar-refractivity contribution >= 4 is 23.9 Å². The van der Waals surface area contributed by atoms with Crippen LogP contribution in [0.2, 0.25) is 0 Å². The quantitative estimate of drug-likeness (QED) is 0.636. The molecule has 3 aliphatic rings. The molecular weight excluding hydrogens is 308 g/mol. The molecule has 0 aromatic carbocycles. The summed E-state index contributed by atoms with van der Waals surface area (Å²) in [7, 11) is 0. The topological polar surface area (TPSA) is 104 Å². The number of ether oxygens (including phenoxy) is 4. The summed E-state index contributed by atoms with van der Waals surface area (Å²) in [4.78, 5) is 39.7. The van der Waals surface area contributed by atoms with Gasteiger partial charge in [0.2, 0.25) is 0 Å². The summed E-state index contributed by atoms with van der Waals surface area (Å²) in [5, 5.41) is 0. The Morgan fingerprint density at radius 1 is 1.35 bits per heavy atom. The SMILES string of the molecule is CC(=O)OC[C@H]1O[C@@H]2[C@@H](OC3=NC(=O)C(C)CN32)[C@@H]1OC(C)=O. The van der Waals surface area contributed by atoms with E-state index in [1.165, 1.54) is 13.8 Å². The molecule has 3 aliphatic heterocycles. The van der Waals surface area contributed by atoms with Gasteiger partial charge in [-0.05, 0) is 0 Å². The van der Waals surface area contributed by atoms with Crippen LogP contribution in [0.4, 0.5) is 0 Å². The molecule has 2 fully saturated rings. The van der Waals surface area contributed by atoms with E-state index < -0.39 is 36.5 Å². The van der Waals surface area contributed by atoms with Crippen LogP contribution < -0.4 is 0 Å². The van der Waals surface area contributed by atoms with Crippen molar-refractivity contribution in [3.63, 3.8) is 0 Å². The summed E-state index contributed by atoms with van der Waals surface area (Å²) in [5.74, 6) is -1.47. The number of rotatable bonds is 3. The first-order valence-electron chi connectivity index (χ1n) is 7.38. The highest BCUT2D eigenvalue weighted by molar-refractivity contribution is 5.95. The summed E-state index contributed by atoms with van der Waals surface area (Å²) in [6.07, 6.45) is -2.52. The van der Waals surface area contributed by atoms with Gasteiger partial charge in [-0.15, -0.1) is 0 Å². The molecule has 3 heterocycles. The van der Waals surface area contributed by atoms with Gasteiger partial charge in [0.15, 0.2) is 18.4 Å². The maximum atomic E-state index is 11.7. The molecule has 1 unspecified atom stereocenters. The van der Waals surface area contributed by atoms with Crippen LogP contribution in [0.15, 0.2) is 4.99 Å². The molecule has 9 nitrogen and oxygen atoms in total. The number of hydrogen-bond acceptors (Lipinski definition) is 8. The van der Waals surface area contributed by atoms with Gasteiger partial charge in [0, 0.05) is 20.4 Å². The second-order valence-electron chi connectivity index (χ2n) is 5.81. The number of hydrogen-bond donors (Lipinski definition) is 0. The number of aliphatic imine (C=N–C) groups is 1. The van der Waals surface area contributed by atoms with Gasteiger partial charge in [-0.3, -0.25) is 19.3 Å². The van der Waals surface area contributed by atoms with E-state index in [9.17, 15) is 14.4 Å². The number of amidine groups is 1. The third-order valence-corrected chi connectivity index (χ3v) is 3.93. The molecule has 0 aliphatic carbocycles. The Labute approximate surface area is 132 Å². The number of amides is 1. The lowest BCUT2D eigenvalue weighted by Crippen LogP contribution is -2.44. The molecule has 0 radical (unpaired) electrons. The highest BCUT2D eigenvalue weighted by Crippen LogP contribution is 2.36. The molecule has 0 aromatic rings. The molecule has 0 spiro atoms. The Morgan fingerprint density at radius 3 is 2.74 bits per heavy atom. The van der Waals surface area contributed by atoms with Crippen LogP contribution in [0.1, 0.15) is 20.8 Å². The molecule has 2 saturated heterocycles. The molecule has 23 heavy (non-hydrogen) atoms. The van der Waals surface area contributed by atoms with Crippen molar-refractivity contribution in [2.75, 3.05) is 13.2 Å². The van der Waals surface area contributed by atoms with Gasteiger partial charge >= 0.3 is 11.9 Å². The minimum Gasteiger partial charge on any atom is -0.463 e. The smallest absolute Gasteiger partial charge is 0.303 e. The minimum atomic E-state index is -0.740. The maximum Gasteiger partial charge on any atom is 0.303 e. The third kappa shape index (κ3) is 2.88. The summed E-state index contributed by atoms with van der Waals surface area (Å²) in [6, 6.07) is 0.186. The predicted molar refractivity (Wildman–Crippen MR) is 74.0 cm³/mol. The van der Waals surface area contributed by atoms with E-state index in [4.69, 9.17) is 18.9 Å². The van der Waals surface area contributed by atoms with E-state index in [2.05, 4.69) is 4.99 Å². The lowest BCUT2D eigenvalue weighted by Gasteiger charge is -2.28. The van der Waals surface area contributed by atoms with Crippen LogP contribution in [0.3, 0.4) is 0 Å². The van der Waals surface area contributed by atoms with Gasteiger partial charge in [-0.1, -0.05) is 6.92 Å². The Kier molecular flexibility index (Phi) is 3.97. The standard InChI is InChI=1S/C14H18N2O7/c1-6-4-16-13-11(23-14(16)15-12(6)19)10(21-8(3)18)9(22-13)5-20-7(2)17/h6,9-11,13H,4-5H2,1-3H3/t6?,9-,10-,11+,13-/m1/s1. The van der Waals surface area contributed by atoms with Crippen molar-refractivity contribution in [2.24, 2.45) is 10.9 Å². The van der Waals surface area contributed by atoms with E-state index in [0.29, 0.717) is 6.54 Å². The Balaban J connectivity index is 1.79. The molecule has 1 amide bonds. The van der Waals surface area contributed by atoms with Crippen molar-refractivity contribution in [1.82, 2.24) is 4.90 Å². The van der Waals surface area contributed by atoms with Gasteiger partial charge < -0.3 is 18.9 Å². The van der Waals surface area contributed by atoms with Crippen LogP contribution in [0.5, 0.6) is 0 Å². The second kappa shape index (κ2) is 5.80. The van der Waals surface area contributed by atoms with Crippen molar-refractivity contribution in [3.05, 3.63) is 0 Å². The predicted octanol–water partition coefficient (Wildman–Crippen LogP) is -0.561. The van der Waals surface area contributed by atoms with E-state index in [-0.39, 0.29) is 24.5 Å². The molecule has 0 bridgehead atoms. The summed E-state index contributed by atoms with van der Waals surface area (Å²) >= 11 is 0. The van der Waals surface area contributed by atoms with Gasteiger partial charge in [0.25, 0.3) is 11.9 Å². The fourth-order valence-corrected chi connectivity index (χ4v) is 2.90. The molecule has 0 aromatic heterocycles. The first-order valence-corrected chi connectivity index (χ1v) is 7.38. The van der Waals surface area contributed by atoms with E-state index >= 15 is 0 Å². The molecule has 9 heteroatoms. The van der Waals surface area contributed by atoms with E-state index in [1.807, 2.05) is 0 Å². The van der Waals surface area contributed by atoms with Gasteiger partial charge in [-0.25, -0.2) is 0 Å². The van der Waals surface area contributed by atoms with Crippen molar-refractivity contribution < 1.29 is 33.3 Å². The zero-order valence-corrected chi connectivity index (χ0v) is 13.1. The fourth-order valence-electron chi connectivity index (χ4n) is 2.90. The first kappa shape index (κ1) is 15.7. The van der Waals surface area contributed by atoms with Crippen LogP contribution in [-0.4, -0.2) is 66.5 Å². The van der Waals surface area contributed by atoms with Gasteiger partial charge in [0.1, 0.15) is 12.7 Å². The minimum absolute atomic E-state index is 0.0432. The zero-order chi connectivity index (χ0) is 16.7. The molecule has 126 valence electrons. The summed E-state index contributed by atoms with van der Waals surface area (Å²) in [5.41, 5.74) is 0. The average molecular weight is 326 g/mol. The molecule has 0 saturated carbocycles. The Morgan fingerprint density at radius 2 is 2.09 bits per heavy atom. The highest BCUT2D eigenvalue weighted by atomic mass is 16.7. The van der Waals surface area contributed by atoms with Gasteiger partial charge in [-0.2, -0.15) is 4.99 Å². The third-order valence-electron chi connectivity index (χ3n) is 3.93. The Hall–Kier alpha value is -2.16. The molecular formula is C14H18N2O7. The van der Waals surface area contributed by atoms with Crippen molar-refractivity contribution in [1.29, 1.82) is 0 Å². The highest BCUT2D eigenvalue weighted by Gasteiger charge is 2.58. The number of nitrogens with zero attached hydrogens (tertiary/aromatic N) is 2. The molecule has 5 atom stereocenters. The number of carbonyl (C=O) groups excluding carboxylic acids is 3. The van der Waals surface area contributed by atoms with E-state index in [1.54, 1.807) is 11.8 Å². The number of fused-ring (bicyclic) bond motifs is 3. The lowest BCUT2D eigenvalue weighted by molar-refractivity contribution is -0.158. The second-order valence-corrected chi connectivity index (χ2v) is 5.81. The fraction of sp³-hybridized carbons (Fsp3) is 0.714. The van der Waals surface area contributed by atoms with Gasteiger partial charge in [0.05, 0.1) is 5.92 Å². The first-order chi connectivity index (χ1) is 10.9.